The van der Waals surface area contributed by atoms with Gasteiger partial charge in [0.05, 0.1) is 28.4 Å². The quantitative estimate of drug-likeness (QED) is 0.544. The lowest BCUT2D eigenvalue weighted by Crippen LogP contribution is -2.41. The number of amides is 1. The van der Waals surface area contributed by atoms with Crippen LogP contribution in [0.1, 0.15) is 49.9 Å². The van der Waals surface area contributed by atoms with Gasteiger partial charge in [-0.1, -0.05) is 42.5 Å². The lowest BCUT2D eigenvalue weighted by molar-refractivity contribution is -0.137. The minimum atomic E-state index is -4.69. The fourth-order valence-corrected chi connectivity index (χ4v) is 3.34. The molecule has 0 aromatic heterocycles. The maximum atomic E-state index is 13.7. The molecule has 0 atom stereocenters. The largest absolute Gasteiger partial charge is 0.492 e. The van der Waals surface area contributed by atoms with E-state index in [0.717, 1.165) is 11.6 Å². The van der Waals surface area contributed by atoms with Crippen molar-refractivity contribution in [3.63, 3.8) is 0 Å². The van der Waals surface area contributed by atoms with Gasteiger partial charge in [-0.3, -0.25) is 0 Å². The summed E-state index contributed by atoms with van der Waals surface area (Å²) in [5, 5.41) is 11.6. The van der Waals surface area contributed by atoms with Gasteiger partial charge in [-0.25, -0.2) is 4.79 Å². The molecule has 0 bridgehead atoms. The summed E-state index contributed by atoms with van der Waals surface area (Å²) in [6.45, 7) is 7.12. The highest BCUT2D eigenvalue weighted by Gasteiger charge is 2.52. The van der Waals surface area contributed by atoms with Crippen LogP contribution in [0.4, 0.5) is 18.0 Å². The third-order valence-corrected chi connectivity index (χ3v) is 6.03. The molecule has 1 amide bonds. The highest BCUT2D eigenvalue weighted by molar-refractivity contribution is 6.56. The van der Waals surface area contributed by atoms with Crippen molar-refractivity contribution in [1.29, 1.82) is 5.26 Å². The molecule has 2 aromatic rings. The molecule has 6 nitrogen and oxygen atoms in total. The second kappa shape index (κ2) is 10.1. The minimum Gasteiger partial charge on any atom is -0.445 e. The number of rotatable bonds is 6. The van der Waals surface area contributed by atoms with Crippen LogP contribution in [0.5, 0.6) is 0 Å². The van der Waals surface area contributed by atoms with E-state index in [9.17, 15) is 18.0 Å². The molecule has 1 aliphatic rings. The molecule has 35 heavy (non-hydrogen) atoms. The molecule has 0 unspecified atom stereocenters. The lowest BCUT2D eigenvalue weighted by atomic mass is 9.76. The smallest absolute Gasteiger partial charge is 0.445 e. The van der Waals surface area contributed by atoms with E-state index in [1.54, 1.807) is 18.2 Å². The first-order valence-corrected chi connectivity index (χ1v) is 10.9. The lowest BCUT2D eigenvalue weighted by Gasteiger charge is -2.32. The number of alkyl carbamates (subject to hydrolysis) is 1. The molecule has 1 N–H and O–H groups in total. The number of alkyl halides is 3. The summed E-state index contributed by atoms with van der Waals surface area (Å²) < 4.78 is 58.4. The molecule has 1 saturated heterocycles. The average molecular weight is 486 g/mol. The fourth-order valence-electron chi connectivity index (χ4n) is 3.34. The van der Waals surface area contributed by atoms with Crippen LogP contribution >= 0.6 is 0 Å². The number of ether oxygens (including phenoxy) is 1. The standard InChI is InChI=1S/C25H26BF3N2O4/c1-23(2)24(3,4)35-26(34-23)20(15-31-22(32)33-16-17-8-6-5-7-9-17)13-19-11-10-18(14-30)12-21(19)25(27,28)29/h5-13H,15-16H2,1-4H3,(H,31,32). The van der Waals surface area contributed by atoms with E-state index in [1.165, 1.54) is 18.2 Å². The van der Waals surface area contributed by atoms with Crippen LogP contribution in [0.15, 0.2) is 54.0 Å². The van der Waals surface area contributed by atoms with Crippen LogP contribution in [0.2, 0.25) is 0 Å². The second-order valence-electron chi connectivity index (χ2n) is 9.13. The molecular weight excluding hydrogens is 460 g/mol. The Balaban J connectivity index is 1.87. The molecule has 1 aliphatic heterocycles. The van der Waals surface area contributed by atoms with E-state index in [2.05, 4.69) is 5.32 Å². The Morgan fingerprint density at radius 3 is 2.31 bits per heavy atom. The number of halogens is 3. The number of nitrogens with zero attached hydrogens (tertiary/aromatic N) is 1. The average Bonchev–Trinajstić information content (AvgIpc) is 3.01. The van der Waals surface area contributed by atoms with Crippen molar-refractivity contribution in [3.05, 3.63) is 76.3 Å². The number of hydrogen-bond acceptors (Lipinski definition) is 5. The molecule has 0 aliphatic carbocycles. The summed E-state index contributed by atoms with van der Waals surface area (Å²) >= 11 is 0. The second-order valence-corrected chi connectivity index (χ2v) is 9.13. The van der Waals surface area contributed by atoms with Gasteiger partial charge in [0.25, 0.3) is 0 Å². The van der Waals surface area contributed by atoms with Crippen LogP contribution in [-0.4, -0.2) is 31.0 Å². The first-order chi connectivity index (χ1) is 16.3. The number of nitriles is 1. The first kappa shape index (κ1) is 26.3. The van der Waals surface area contributed by atoms with Crippen LogP contribution < -0.4 is 5.32 Å². The summed E-state index contributed by atoms with van der Waals surface area (Å²) in [5.41, 5.74) is -1.72. The number of benzene rings is 2. The maximum absolute atomic E-state index is 13.7. The van der Waals surface area contributed by atoms with Gasteiger partial charge in [-0.2, -0.15) is 18.4 Å². The molecule has 0 radical (unpaired) electrons. The highest BCUT2D eigenvalue weighted by Crippen LogP contribution is 2.39. The van der Waals surface area contributed by atoms with Crippen LogP contribution in [0.25, 0.3) is 6.08 Å². The monoisotopic (exact) mass is 486 g/mol. The predicted molar refractivity (Wildman–Crippen MR) is 125 cm³/mol. The number of hydrogen-bond donors (Lipinski definition) is 1. The van der Waals surface area contributed by atoms with Crippen LogP contribution in [-0.2, 0) is 26.8 Å². The van der Waals surface area contributed by atoms with Gasteiger partial charge in [0, 0.05) is 6.54 Å². The Hall–Kier alpha value is -3.29. The van der Waals surface area contributed by atoms with E-state index < -0.39 is 36.2 Å². The van der Waals surface area contributed by atoms with E-state index in [4.69, 9.17) is 19.3 Å². The van der Waals surface area contributed by atoms with E-state index in [1.807, 2.05) is 45.9 Å². The number of nitrogens with one attached hydrogen (secondary N) is 1. The van der Waals surface area contributed by atoms with Crippen molar-refractivity contribution in [2.45, 2.75) is 51.7 Å². The molecule has 2 aromatic carbocycles. The first-order valence-electron chi connectivity index (χ1n) is 10.9. The zero-order valence-corrected chi connectivity index (χ0v) is 19.9. The molecule has 184 valence electrons. The van der Waals surface area contributed by atoms with Gasteiger partial charge < -0.3 is 19.4 Å². The topological polar surface area (TPSA) is 80.6 Å². The Labute approximate surface area is 202 Å². The molecular formula is C25H26BF3N2O4. The zero-order chi connectivity index (χ0) is 25.9. The normalized spacial score (nSPS) is 17.1. The van der Waals surface area contributed by atoms with E-state index in [0.29, 0.717) is 0 Å². The van der Waals surface area contributed by atoms with Crippen molar-refractivity contribution < 1.29 is 32.0 Å². The molecule has 1 fully saturated rings. The Bertz CT molecular complexity index is 1130. The van der Waals surface area contributed by atoms with Crippen molar-refractivity contribution in [3.8, 4) is 6.07 Å². The third kappa shape index (κ3) is 6.44. The molecule has 0 saturated carbocycles. The van der Waals surface area contributed by atoms with Gasteiger partial charge in [-0.15, -0.1) is 0 Å². The van der Waals surface area contributed by atoms with Gasteiger partial charge in [0.2, 0.25) is 0 Å². The van der Waals surface area contributed by atoms with Crippen molar-refractivity contribution >= 4 is 19.3 Å². The van der Waals surface area contributed by atoms with Gasteiger partial charge >= 0.3 is 19.4 Å². The van der Waals surface area contributed by atoms with Crippen LogP contribution in [0, 0.1) is 11.3 Å². The van der Waals surface area contributed by atoms with Crippen molar-refractivity contribution in [2.75, 3.05) is 6.54 Å². The molecule has 10 heteroatoms. The summed E-state index contributed by atoms with van der Waals surface area (Å²) in [6, 6.07) is 14.1. The Morgan fingerprint density at radius 1 is 1.11 bits per heavy atom. The molecule has 0 spiro atoms. The maximum Gasteiger partial charge on any atom is 0.492 e. The predicted octanol–water partition coefficient (Wildman–Crippen LogP) is 5.52. The summed E-state index contributed by atoms with van der Waals surface area (Å²) in [5.74, 6) is 0. The van der Waals surface area contributed by atoms with Gasteiger partial charge in [-0.05, 0) is 56.4 Å². The van der Waals surface area contributed by atoms with Gasteiger partial charge in [0.1, 0.15) is 6.61 Å². The van der Waals surface area contributed by atoms with E-state index >= 15 is 0 Å². The number of carbonyl (C=O) groups is 1. The zero-order valence-electron chi connectivity index (χ0n) is 19.9. The van der Waals surface area contributed by atoms with Crippen molar-refractivity contribution in [1.82, 2.24) is 5.32 Å². The highest BCUT2D eigenvalue weighted by atomic mass is 19.4. The number of carbonyl (C=O) groups excluding carboxylic acids is 1. The molecule has 3 rings (SSSR count). The minimum absolute atomic E-state index is 0.0378. The Kier molecular flexibility index (Phi) is 7.63. The third-order valence-electron chi connectivity index (χ3n) is 6.03. The summed E-state index contributed by atoms with van der Waals surface area (Å²) in [7, 11) is -1.01. The summed E-state index contributed by atoms with van der Waals surface area (Å²) in [6.07, 6.45) is -4.17. The molecule has 1 heterocycles. The van der Waals surface area contributed by atoms with E-state index in [-0.39, 0.29) is 29.8 Å². The fraction of sp³-hybridized carbons (Fsp3) is 0.360. The van der Waals surface area contributed by atoms with Gasteiger partial charge in [0.15, 0.2) is 0 Å². The summed E-state index contributed by atoms with van der Waals surface area (Å²) in [4.78, 5) is 12.3. The van der Waals surface area contributed by atoms with Crippen LogP contribution in [0.3, 0.4) is 0 Å². The van der Waals surface area contributed by atoms with Crippen molar-refractivity contribution in [2.24, 2.45) is 0 Å². The Morgan fingerprint density at radius 2 is 1.74 bits per heavy atom. The SMILES string of the molecule is CC1(C)OB(C(=Cc2ccc(C#N)cc2C(F)(F)F)CNC(=O)OCc2ccccc2)OC1(C)C.